The fraction of sp³-hybridized carbons (Fsp3) is 0.919. The Morgan fingerprint density at radius 2 is 1.50 bits per heavy atom. The number of hydrogen-bond donors (Lipinski definition) is 5. The van der Waals surface area contributed by atoms with E-state index in [1.54, 1.807) is 0 Å². The van der Waals surface area contributed by atoms with E-state index in [9.17, 15) is 30.3 Å². The maximum atomic E-state index is 12.9. The van der Waals surface area contributed by atoms with Crippen LogP contribution in [0.5, 0.6) is 0 Å². The summed E-state index contributed by atoms with van der Waals surface area (Å²) in [6.45, 7) is 16.6. The third-order valence-corrected chi connectivity index (χ3v) is 15.8. The molecule has 6 unspecified atom stereocenters. The largest absolute Gasteiger partial charge is 0.481 e. The maximum absolute atomic E-state index is 12.9. The van der Waals surface area contributed by atoms with Gasteiger partial charge in [-0.1, -0.05) is 60.1 Å². The van der Waals surface area contributed by atoms with Crippen molar-refractivity contribution in [2.75, 3.05) is 6.61 Å². The molecule has 250 valence electrons. The smallest absolute Gasteiger partial charge is 0.310 e. The first-order chi connectivity index (χ1) is 20.4. The zero-order valence-corrected chi connectivity index (χ0v) is 28.3. The Morgan fingerprint density at radius 3 is 2.16 bits per heavy atom. The van der Waals surface area contributed by atoms with E-state index < -0.39 is 48.5 Å². The molecule has 7 heteroatoms. The van der Waals surface area contributed by atoms with Crippen LogP contribution in [0.4, 0.5) is 0 Å². The van der Waals surface area contributed by atoms with Gasteiger partial charge in [0.2, 0.25) is 0 Å². The van der Waals surface area contributed by atoms with Gasteiger partial charge in [-0.2, -0.15) is 0 Å². The normalized spacial score (nSPS) is 52.9. The Hall–Kier alpha value is -0.990. The maximum Gasteiger partial charge on any atom is 0.310 e. The Bertz CT molecular complexity index is 1180. The van der Waals surface area contributed by atoms with Gasteiger partial charge < -0.3 is 30.3 Å². The Labute approximate surface area is 264 Å². The highest BCUT2D eigenvalue weighted by Crippen LogP contribution is 2.76. The van der Waals surface area contributed by atoms with E-state index in [1.165, 1.54) is 5.57 Å². The minimum Gasteiger partial charge on any atom is -0.481 e. The van der Waals surface area contributed by atoms with Gasteiger partial charge in [-0.05, 0) is 121 Å². The molecule has 1 aliphatic heterocycles. The van der Waals surface area contributed by atoms with Gasteiger partial charge >= 0.3 is 5.97 Å². The standard InChI is InChI=1S/C37H60O7/c1-32(2)14-16-37(31(42)43)17-15-35(6)22(23(37)19-32)8-9-27-34(5)12-10-21(33(3,4)26(34)11-13-36(27,35)7)18-24-28(39)30(41)29(40)25(20-38)44-24/h8,21,23-30,38-41H,9-20H2,1-7H3,(H,42,43)/t21-,23?,24-,25?,26?,27?,28?,29-,30?,34+,35-,36-,37+/m1/s1. The van der Waals surface area contributed by atoms with Gasteiger partial charge in [0.1, 0.15) is 24.4 Å². The van der Waals surface area contributed by atoms with Crippen LogP contribution in [0.25, 0.3) is 0 Å². The highest BCUT2D eigenvalue weighted by molar-refractivity contribution is 5.76. The van der Waals surface area contributed by atoms with Crippen molar-refractivity contribution < 1.29 is 35.1 Å². The second-order valence-electron chi connectivity index (χ2n) is 18.3. The summed E-state index contributed by atoms with van der Waals surface area (Å²) in [7, 11) is 0. The fourth-order valence-electron chi connectivity index (χ4n) is 12.8. The number of ether oxygens (including phenoxy) is 1. The molecule has 6 aliphatic rings. The Kier molecular flexibility index (Phi) is 7.86. The minimum absolute atomic E-state index is 0.00173. The van der Waals surface area contributed by atoms with Crippen LogP contribution in [0.1, 0.15) is 119 Å². The van der Waals surface area contributed by atoms with Gasteiger partial charge in [0, 0.05) is 0 Å². The van der Waals surface area contributed by atoms with Crippen LogP contribution in [0.15, 0.2) is 11.6 Å². The first-order valence-electron chi connectivity index (χ1n) is 17.6. The summed E-state index contributed by atoms with van der Waals surface area (Å²) in [6.07, 6.45) is 7.70. The van der Waals surface area contributed by atoms with Crippen molar-refractivity contribution in [1.29, 1.82) is 0 Å². The molecule has 5 fully saturated rings. The molecular formula is C37H60O7. The van der Waals surface area contributed by atoms with Crippen LogP contribution < -0.4 is 0 Å². The summed E-state index contributed by atoms with van der Waals surface area (Å²) < 4.78 is 5.99. The fourth-order valence-corrected chi connectivity index (χ4v) is 12.8. The number of rotatable bonds is 4. The number of carboxylic acid groups (broad SMARTS) is 1. The molecule has 1 saturated heterocycles. The van der Waals surface area contributed by atoms with Gasteiger partial charge in [-0.25, -0.2) is 0 Å². The predicted octanol–water partition coefficient (Wildman–Crippen LogP) is 5.72. The number of carboxylic acids is 1. The lowest BCUT2D eigenvalue weighted by Crippen LogP contribution is -2.65. The van der Waals surface area contributed by atoms with Gasteiger partial charge in [-0.3, -0.25) is 4.79 Å². The third kappa shape index (κ3) is 4.41. The second kappa shape index (κ2) is 10.5. The second-order valence-corrected chi connectivity index (χ2v) is 18.3. The molecule has 5 N–H and O–H groups in total. The molecule has 0 aromatic rings. The predicted molar refractivity (Wildman–Crippen MR) is 169 cm³/mol. The number of aliphatic hydroxyl groups is 4. The molecular weight excluding hydrogens is 556 g/mol. The lowest BCUT2D eigenvalue weighted by atomic mass is 9.33. The monoisotopic (exact) mass is 616 g/mol. The molecule has 0 aromatic heterocycles. The summed E-state index contributed by atoms with van der Waals surface area (Å²) in [5.41, 5.74) is 1.24. The van der Waals surface area contributed by atoms with Crippen LogP contribution in [-0.2, 0) is 9.53 Å². The Morgan fingerprint density at radius 1 is 0.841 bits per heavy atom. The van der Waals surface area contributed by atoms with E-state index >= 15 is 0 Å². The van der Waals surface area contributed by atoms with Crippen LogP contribution in [0, 0.1) is 56.2 Å². The first-order valence-corrected chi connectivity index (χ1v) is 17.6. The molecule has 44 heavy (non-hydrogen) atoms. The first kappa shape index (κ1) is 32.9. The lowest BCUT2D eigenvalue weighted by molar-refractivity contribution is -0.241. The number of hydrogen-bond acceptors (Lipinski definition) is 6. The van der Waals surface area contributed by atoms with E-state index in [0.29, 0.717) is 18.3 Å². The van der Waals surface area contributed by atoms with Crippen molar-refractivity contribution in [2.24, 2.45) is 56.2 Å². The average Bonchev–Trinajstić information content (AvgIpc) is 2.94. The van der Waals surface area contributed by atoms with E-state index in [4.69, 9.17) is 4.74 Å². The number of carbonyl (C=O) groups is 1. The average molecular weight is 617 g/mol. The molecule has 0 radical (unpaired) electrons. The Balaban J connectivity index is 1.29. The highest BCUT2D eigenvalue weighted by atomic mass is 16.5. The summed E-state index contributed by atoms with van der Waals surface area (Å²) in [6, 6.07) is 0. The number of aliphatic carboxylic acids is 1. The lowest BCUT2D eigenvalue weighted by Gasteiger charge is -2.71. The van der Waals surface area contributed by atoms with E-state index in [1.807, 2.05) is 0 Å². The van der Waals surface area contributed by atoms with Crippen LogP contribution in [0.2, 0.25) is 0 Å². The van der Waals surface area contributed by atoms with E-state index in [-0.39, 0.29) is 38.9 Å². The van der Waals surface area contributed by atoms with E-state index in [0.717, 1.165) is 64.2 Å². The van der Waals surface area contributed by atoms with Crippen molar-refractivity contribution in [2.45, 2.75) is 150 Å². The zero-order chi connectivity index (χ0) is 32.3. The molecule has 13 atom stereocenters. The van der Waals surface area contributed by atoms with Crippen molar-refractivity contribution >= 4 is 5.97 Å². The molecule has 0 amide bonds. The summed E-state index contributed by atoms with van der Waals surface area (Å²) in [4.78, 5) is 12.9. The van der Waals surface area contributed by atoms with E-state index in [2.05, 4.69) is 54.5 Å². The molecule has 0 spiro atoms. The van der Waals surface area contributed by atoms with Crippen LogP contribution in [0.3, 0.4) is 0 Å². The molecule has 1 heterocycles. The topological polar surface area (TPSA) is 127 Å². The van der Waals surface area contributed by atoms with Crippen LogP contribution >= 0.6 is 0 Å². The van der Waals surface area contributed by atoms with Crippen LogP contribution in [-0.4, -0.2) is 68.6 Å². The van der Waals surface area contributed by atoms with Gasteiger partial charge in [0.25, 0.3) is 0 Å². The molecule has 0 bridgehead atoms. The molecule has 4 saturated carbocycles. The summed E-state index contributed by atoms with van der Waals surface area (Å²) in [5, 5.41) is 52.0. The SMILES string of the molecule is CC1(C)CC[C@]2(C(=O)O)CC[C@]3(C)C(=CCC4[C@@]5(C)CC[C@H](C[C@H]6OC(CO)[C@@H](O)C(O)C6O)C(C)(C)C5CC[C@]43C)C2C1. The molecule has 7 nitrogen and oxygen atoms in total. The van der Waals surface area contributed by atoms with Crippen molar-refractivity contribution in [3.8, 4) is 0 Å². The van der Waals surface area contributed by atoms with Gasteiger partial charge in [0.05, 0.1) is 18.1 Å². The molecule has 5 aliphatic carbocycles. The van der Waals surface area contributed by atoms with Gasteiger partial charge in [0.15, 0.2) is 0 Å². The zero-order valence-electron chi connectivity index (χ0n) is 28.3. The molecule has 0 aromatic carbocycles. The third-order valence-electron chi connectivity index (χ3n) is 15.8. The quantitative estimate of drug-likeness (QED) is 0.256. The van der Waals surface area contributed by atoms with Gasteiger partial charge in [-0.15, -0.1) is 0 Å². The molecule has 6 rings (SSSR count). The summed E-state index contributed by atoms with van der Waals surface area (Å²) in [5.74, 6) is 0.835. The summed E-state index contributed by atoms with van der Waals surface area (Å²) >= 11 is 0. The number of fused-ring (bicyclic) bond motifs is 7. The van der Waals surface area contributed by atoms with Crippen molar-refractivity contribution in [1.82, 2.24) is 0 Å². The minimum atomic E-state index is -1.33. The number of allylic oxidation sites excluding steroid dienone is 2. The highest BCUT2D eigenvalue weighted by Gasteiger charge is 2.69. The van der Waals surface area contributed by atoms with Crippen molar-refractivity contribution in [3.63, 3.8) is 0 Å². The number of aliphatic hydroxyl groups excluding tert-OH is 4. The van der Waals surface area contributed by atoms with Crippen molar-refractivity contribution in [3.05, 3.63) is 11.6 Å².